The zero-order chi connectivity index (χ0) is 14.1. The van der Waals surface area contributed by atoms with Crippen LogP contribution in [0.2, 0.25) is 0 Å². The molecule has 0 atom stereocenters. The summed E-state index contributed by atoms with van der Waals surface area (Å²) in [4.78, 5) is 23.6. The molecule has 0 spiro atoms. The predicted octanol–water partition coefficient (Wildman–Crippen LogP) is 3.28. The maximum Gasteiger partial charge on any atom is 0.257 e. The summed E-state index contributed by atoms with van der Waals surface area (Å²) in [6.07, 6.45) is 1.53. The molecule has 0 unspecified atom stereocenters. The summed E-state index contributed by atoms with van der Waals surface area (Å²) >= 11 is 3.24. The van der Waals surface area contributed by atoms with Crippen LogP contribution in [0.1, 0.15) is 16.2 Å². The van der Waals surface area contributed by atoms with Gasteiger partial charge in [-0.25, -0.2) is 9.97 Å². The van der Waals surface area contributed by atoms with Crippen molar-refractivity contribution in [2.24, 2.45) is 0 Å². The molecule has 0 saturated heterocycles. The van der Waals surface area contributed by atoms with Gasteiger partial charge in [0.05, 0.1) is 16.6 Å². The zero-order valence-corrected chi connectivity index (χ0v) is 12.2. The average Bonchev–Trinajstić information content (AvgIpc) is 2.78. The van der Waals surface area contributed by atoms with Gasteiger partial charge in [0.25, 0.3) is 5.91 Å². The first kappa shape index (κ1) is 12.8. The number of carbonyl (C=O) groups excluding carboxylic acids is 1. The Morgan fingerprint density at radius 2 is 2.15 bits per heavy atom. The Kier molecular flexibility index (Phi) is 3.23. The van der Waals surface area contributed by atoms with Gasteiger partial charge in [0, 0.05) is 11.9 Å². The molecule has 6 heteroatoms. The van der Waals surface area contributed by atoms with E-state index in [0.717, 1.165) is 16.9 Å². The molecule has 2 aromatic heterocycles. The first-order valence-corrected chi connectivity index (χ1v) is 6.80. The van der Waals surface area contributed by atoms with Gasteiger partial charge in [-0.05, 0) is 53.2 Å². The van der Waals surface area contributed by atoms with Crippen LogP contribution in [0, 0.1) is 6.92 Å². The lowest BCUT2D eigenvalue weighted by Crippen LogP contribution is -2.12. The minimum Gasteiger partial charge on any atom is -0.342 e. The number of hydrogen-bond donors (Lipinski definition) is 2. The number of benzene rings is 1. The molecule has 1 amide bonds. The largest absolute Gasteiger partial charge is 0.342 e. The van der Waals surface area contributed by atoms with E-state index in [0.29, 0.717) is 15.9 Å². The second-order valence-electron chi connectivity index (χ2n) is 4.38. The minimum atomic E-state index is -0.194. The topological polar surface area (TPSA) is 70.7 Å². The Morgan fingerprint density at radius 3 is 2.90 bits per heavy atom. The van der Waals surface area contributed by atoms with Gasteiger partial charge in [-0.15, -0.1) is 0 Å². The molecule has 0 aliphatic carbocycles. The lowest BCUT2D eigenvalue weighted by molar-refractivity contribution is 0.102. The second kappa shape index (κ2) is 5.05. The van der Waals surface area contributed by atoms with Crippen molar-refractivity contribution in [1.29, 1.82) is 0 Å². The number of imidazole rings is 1. The highest BCUT2D eigenvalue weighted by Gasteiger charge is 2.07. The standard InChI is InChI=1S/C14H11BrN4O/c1-8-17-11-4-3-10(6-12(11)18-8)19-14(20)9-2-5-13(15)16-7-9/h2-7H,1H3,(H,17,18)(H,19,20). The quantitative estimate of drug-likeness (QED) is 0.708. The molecule has 2 heterocycles. The number of aromatic amines is 1. The van der Waals surface area contributed by atoms with Crippen molar-refractivity contribution >= 4 is 38.6 Å². The number of nitrogens with zero attached hydrogens (tertiary/aromatic N) is 2. The third-order valence-corrected chi connectivity index (χ3v) is 3.32. The molecule has 0 saturated carbocycles. The molecule has 0 aliphatic heterocycles. The lowest BCUT2D eigenvalue weighted by Gasteiger charge is -2.05. The number of anilines is 1. The van der Waals surface area contributed by atoms with Gasteiger partial charge in [0.1, 0.15) is 10.4 Å². The van der Waals surface area contributed by atoms with Gasteiger partial charge in [-0.2, -0.15) is 0 Å². The Hall–Kier alpha value is -2.21. The van der Waals surface area contributed by atoms with Crippen LogP contribution in [0.3, 0.4) is 0 Å². The highest BCUT2D eigenvalue weighted by atomic mass is 79.9. The maximum atomic E-state index is 12.1. The first-order chi connectivity index (χ1) is 9.61. The number of aromatic nitrogens is 3. The molecule has 0 fully saturated rings. The molecule has 100 valence electrons. The van der Waals surface area contributed by atoms with Crippen LogP contribution in [-0.2, 0) is 0 Å². The SMILES string of the molecule is Cc1nc2ccc(NC(=O)c3ccc(Br)nc3)cc2[nH]1. The summed E-state index contributed by atoms with van der Waals surface area (Å²) in [5.74, 6) is 0.654. The molecule has 5 nitrogen and oxygen atoms in total. The minimum absolute atomic E-state index is 0.194. The number of halogens is 1. The number of hydrogen-bond acceptors (Lipinski definition) is 3. The van der Waals surface area contributed by atoms with E-state index in [1.807, 2.05) is 25.1 Å². The molecule has 20 heavy (non-hydrogen) atoms. The summed E-state index contributed by atoms with van der Waals surface area (Å²) < 4.78 is 0.698. The van der Waals surface area contributed by atoms with Gasteiger partial charge in [-0.1, -0.05) is 0 Å². The van der Waals surface area contributed by atoms with Crippen molar-refractivity contribution in [1.82, 2.24) is 15.0 Å². The van der Waals surface area contributed by atoms with Crippen LogP contribution in [0.25, 0.3) is 11.0 Å². The number of pyridine rings is 1. The molecule has 0 bridgehead atoms. The smallest absolute Gasteiger partial charge is 0.257 e. The van der Waals surface area contributed by atoms with Gasteiger partial charge in [0.15, 0.2) is 0 Å². The molecule has 0 radical (unpaired) electrons. The highest BCUT2D eigenvalue weighted by Crippen LogP contribution is 2.18. The van der Waals surface area contributed by atoms with E-state index in [1.165, 1.54) is 6.20 Å². The Bertz CT molecular complexity index is 779. The summed E-state index contributed by atoms with van der Waals surface area (Å²) in [7, 11) is 0. The Morgan fingerprint density at radius 1 is 1.30 bits per heavy atom. The molecule has 0 aliphatic rings. The van der Waals surface area contributed by atoms with E-state index >= 15 is 0 Å². The van der Waals surface area contributed by atoms with Crippen molar-refractivity contribution < 1.29 is 4.79 Å². The number of fused-ring (bicyclic) bond motifs is 1. The number of H-pyrrole nitrogens is 1. The molecular formula is C14H11BrN4O. The van der Waals surface area contributed by atoms with E-state index in [2.05, 4.69) is 36.2 Å². The molecule has 3 rings (SSSR count). The van der Waals surface area contributed by atoms with Gasteiger partial charge in [0.2, 0.25) is 0 Å². The Balaban J connectivity index is 1.84. The summed E-state index contributed by atoms with van der Waals surface area (Å²) in [6.45, 7) is 1.89. The number of amides is 1. The van der Waals surface area contributed by atoms with E-state index < -0.39 is 0 Å². The fraction of sp³-hybridized carbons (Fsp3) is 0.0714. The highest BCUT2D eigenvalue weighted by molar-refractivity contribution is 9.10. The van der Waals surface area contributed by atoms with Crippen LogP contribution in [0.4, 0.5) is 5.69 Å². The number of aryl methyl sites for hydroxylation is 1. The average molecular weight is 331 g/mol. The Labute approximate surface area is 123 Å². The molecule has 2 N–H and O–H groups in total. The van der Waals surface area contributed by atoms with E-state index in [-0.39, 0.29) is 5.91 Å². The van der Waals surface area contributed by atoms with Gasteiger partial charge in [-0.3, -0.25) is 4.79 Å². The van der Waals surface area contributed by atoms with E-state index in [9.17, 15) is 4.79 Å². The van der Waals surface area contributed by atoms with Crippen molar-refractivity contribution in [3.05, 3.63) is 52.5 Å². The van der Waals surface area contributed by atoms with Crippen molar-refractivity contribution in [2.75, 3.05) is 5.32 Å². The maximum absolute atomic E-state index is 12.1. The van der Waals surface area contributed by atoms with E-state index in [4.69, 9.17) is 0 Å². The van der Waals surface area contributed by atoms with E-state index in [1.54, 1.807) is 12.1 Å². The lowest BCUT2D eigenvalue weighted by atomic mass is 10.2. The van der Waals surface area contributed by atoms with Crippen LogP contribution in [0.5, 0.6) is 0 Å². The number of nitrogens with one attached hydrogen (secondary N) is 2. The molecular weight excluding hydrogens is 320 g/mol. The fourth-order valence-corrected chi connectivity index (χ4v) is 2.16. The number of carbonyl (C=O) groups is 1. The second-order valence-corrected chi connectivity index (χ2v) is 5.19. The summed E-state index contributed by atoms with van der Waals surface area (Å²) in [5.41, 5.74) is 3.00. The van der Waals surface area contributed by atoms with Crippen molar-refractivity contribution in [2.45, 2.75) is 6.92 Å². The third-order valence-electron chi connectivity index (χ3n) is 2.85. The summed E-state index contributed by atoms with van der Waals surface area (Å²) in [5, 5.41) is 2.84. The van der Waals surface area contributed by atoms with Crippen LogP contribution in [0.15, 0.2) is 41.1 Å². The fourth-order valence-electron chi connectivity index (χ4n) is 1.93. The monoisotopic (exact) mass is 330 g/mol. The van der Waals surface area contributed by atoms with Crippen molar-refractivity contribution in [3.8, 4) is 0 Å². The molecule has 3 aromatic rings. The van der Waals surface area contributed by atoms with Crippen molar-refractivity contribution in [3.63, 3.8) is 0 Å². The van der Waals surface area contributed by atoms with Gasteiger partial charge >= 0.3 is 0 Å². The van der Waals surface area contributed by atoms with Gasteiger partial charge < -0.3 is 10.3 Å². The van der Waals surface area contributed by atoms with Crippen LogP contribution < -0.4 is 5.32 Å². The predicted molar refractivity (Wildman–Crippen MR) is 80.7 cm³/mol. The summed E-state index contributed by atoms with van der Waals surface area (Å²) in [6, 6.07) is 9.00. The zero-order valence-electron chi connectivity index (χ0n) is 10.6. The molecule has 1 aromatic carbocycles. The number of rotatable bonds is 2. The van der Waals surface area contributed by atoms with Crippen LogP contribution in [-0.4, -0.2) is 20.9 Å². The third kappa shape index (κ3) is 2.55. The normalized spacial score (nSPS) is 10.7. The van der Waals surface area contributed by atoms with Crippen LogP contribution >= 0.6 is 15.9 Å². The first-order valence-electron chi connectivity index (χ1n) is 6.01.